The summed E-state index contributed by atoms with van der Waals surface area (Å²) in [6.07, 6.45) is 7.47. The summed E-state index contributed by atoms with van der Waals surface area (Å²) in [7, 11) is -3.68. The molecule has 2 aliphatic carbocycles. The molecule has 2 aromatic carbocycles. The molecule has 4 rings (SSSR count). The van der Waals surface area contributed by atoms with E-state index < -0.39 is 15.4 Å². The largest absolute Gasteiger partial charge is 0.353 e. The fourth-order valence-electron chi connectivity index (χ4n) is 4.63. The Hall–Kier alpha value is -2.34. The van der Waals surface area contributed by atoms with Crippen molar-refractivity contribution in [3.8, 4) is 0 Å². The number of aryl methyl sites for hydroxylation is 3. The molecule has 2 fully saturated rings. The average molecular weight is 441 g/mol. The first-order valence-electron chi connectivity index (χ1n) is 11.2. The number of sulfonamides is 1. The Bertz CT molecular complexity index is 1080. The topological polar surface area (TPSA) is 75.3 Å². The third-order valence-corrected chi connectivity index (χ3v) is 8.42. The van der Waals surface area contributed by atoms with E-state index in [9.17, 15) is 13.2 Å². The van der Waals surface area contributed by atoms with Crippen LogP contribution in [0.5, 0.6) is 0 Å². The fourth-order valence-corrected chi connectivity index (χ4v) is 6.00. The lowest BCUT2D eigenvalue weighted by molar-refractivity contribution is -0.124. The molecule has 2 aromatic rings. The average Bonchev–Trinajstić information content (AvgIpc) is 3.54. The van der Waals surface area contributed by atoms with Gasteiger partial charge in [-0.25, -0.2) is 8.42 Å². The molecule has 0 atom stereocenters. The second-order valence-electron chi connectivity index (χ2n) is 9.28. The zero-order valence-electron chi connectivity index (χ0n) is 18.6. The van der Waals surface area contributed by atoms with Gasteiger partial charge in [-0.05, 0) is 86.9 Å². The van der Waals surface area contributed by atoms with E-state index >= 15 is 0 Å². The lowest BCUT2D eigenvalue weighted by Crippen LogP contribution is -2.42. The molecule has 166 valence electrons. The summed E-state index contributed by atoms with van der Waals surface area (Å²) in [5, 5.41) is 3.26. The zero-order valence-corrected chi connectivity index (χ0v) is 19.4. The smallest absolute Gasteiger partial charge is 0.262 e. The first kappa shape index (κ1) is 21.9. The maximum absolute atomic E-state index is 13.0. The molecule has 2 saturated carbocycles. The fraction of sp³-hybridized carbons (Fsp3) is 0.480. The highest BCUT2D eigenvalue weighted by molar-refractivity contribution is 7.92. The SMILES string of the molecule is Cc1cc(C)c(S(=O)(=O)Nc2ccc(C3(C(=O)NC4CCCCC4)CC3)cc2)cc1C. The minimum Gasteiger partial charge on any atom is -0.353 e. The molecule has 0 unspecified atom stereocenters. The van der Waals surface area contributed by atoms with E-state index in [4.69, 9.17) is 0 Å². The van der Waals surface area contributed by atoms with E-state index in [1.807, 2.05) is 39.0 Å². The van der Waals surface area contributed by atoms with Gasteiger partial charge < -0.3 is 5.32 Å². The van der Waals surface area contributed by atoms with Gasteiger partial charge in [0.2, 0.25) is 5.91 Å². The van der Waals surface area contributed by atoms with Crippen LogP contribution >= 0.6 is 0 Å². The Labute approximate surface area is 185 Å². The van der Waals surface area contributed by atoms with Crippen molar-refractivity contribution in [1.82, 2.24) is 5.32 Å². The van der Waals surface area contributed by atoms with Gasteiger partial charge in [-0.2, -0.15) is 0 Å². The van der Waals surface area contributed by atoms with Crippen LogP contribution in [-0.4, -0.2) is 20.4 Å². The summed E-state index contributed by atoms with van der Waals surface area (Å²) in [5.41, 5.74) is 3.77. The van der Waals surface area contributed by atoms with E-state index in [2.05, 4.69) is 10.0 Å². The number of anilines is 1. The molecule has 0 saturated heterocycles. The number of amides is 1. The first-order valence-corrected chi connectivity index (χ1v) is 12.7. The Balaban J connectivity index is 1.48. The minimum absolute atomic E-state index is 0.124. The standard InChI is InChI=1S/C25H32N2O3S/c1-17-15-19(3)23(16-18(17)2)31(29,30)27-22-11-9-20(10-12-22)25(13-14-25)24(28)26-21-7-5-4-6-8-21/h9-12,15-16,21,27H,4-8,13-14H2,1-3H3,(H,26,28). The van der Waals surface area contributed by atoms with E-state index in [-0.39, 0.29) is 5.91 Å². The Kier molecular flexibility index (Phi) is 5.86. The number of carbonyl (C=O) groups is 1. The second kappa shape index (κ2) is 8.30. The molecule has 0 heterocycles. The summed E-state index contributed by atoms with van der Waals surface area (Å²) in [5.74, 6) is 0.124. The van der Waals surface area contributed by atoms with Crippen molar-refractivity contribution in [2.24, 2.45) is 0 Å². The second-order valence-corrected chi connectivity index (χ2v) is 10.9. The number of nitrogens with one attached hydrogen (secondary N) is 2. The Morgan fingerprint density at radius 1 is 0.903 bits per heavy atom. The number of hydrogen-bond acceptors (Lipinski definition) is 3. The van der Waals surface area contributed by atoms with E-state index in [1.165, 1.54) is 19.3 Å². The molecular weight excluding hydrogens is 408 g/mol. The summed E-state index contributed by atoms with van der Waals surface area (Å²) in [4.78, 5) is 13.3. The predicted octanol–water partition coefficient (Wildman–Crippen LogP) is 4.89. The van der Waals surface area contributed by atoms with Crippen molar-refractivity contribution in [3.05, 3.63) is 58.7 Å². The van der Waals surface area contributed by atoms with Gasteiger partial charge in [0.05, 0.1) is 10.3 Å². The lowest BCUT2D eigenvalue weighted by atomic mass is 9.91. The highest BCUT2D eigenvalue weighted by atomic mass is 32.2. The molecule has 6 heteroatoms. The molecule has 2 N–H and O–H groups in total. The molecule has 5 nitrogen and oxygen atoms in total. The molecule has 1 amide bonds. The summed E-state index contributed by atoms with van der Waals surface area (Å²) in [6, 6.07) is 11.2. The quantitative estimate of drug-likeness (QED) is 0.671. The van der Waals surface area contributed by atoms with E-state index in [1.54, 1.807) is 18.2 Å². The summed E-state index contributed by atoms with van der Waals surface area (Å²) < 4.78 is 28.6. The van der Waals surface area contributed by atoms with Gasteiger partial charge in [0.25, 0.3) is 10.0 Å². The first-order chi connectivity index (χ1) is 14.7. The maximum atomic E-state index is 13.0. The van der Waals surface area contributed by atoms with Gasteiger partial charge in [0, 0.05) is 11.7 Å². The molecule has 0 aromatic heterocycles. The van der Waals surface area contributed by atoms with Crippen molar-refractivity contribution in [3.63, 3.8) is 0 Å². The van der Waals surface area contributed by atoms with Crippen LogP contribution in [0.15, 0.2) is 41.3 Å². The number of hydrogen-bond donors (Lipinski definition) is 2. The van der Waals surface area contributed by atoms with Crippen LogP contribution in [0.3, 0.4) is 0 Å². The van der Waals surface area contributed by atoms with Crippen molar-refractivity contribution < 1.29 is 13.2 Å². The molecule has 0 aliphatic heterocycles. The third kappa shape index (κ3) is 4.49. The lowest BCUT2D eigenvalue weighted by Gasteiger charge is -2.25. The van der Waals surface area contributed by atoms with Crippen LogP contribution in [0.4, 0.5) is 5.69 Å². The third-order valence-electron chi connectivity index (χ3n) is 6.90. The normalized spacial score (nSPS) is 18.4. The summed E-state index contributed by atoms with van der Waals surface area (Å²) in [6.45, 7) is 5.70. The van der Waals surface area contributed by atoms with Crippen LogP contribution < -0.4 is 10.0 Å². The maximum Gasteiger partial charge on any atom is 0.262 e. The number of rotatable bonds is 6. The van der Waals surface area contributed by atoms with Crippen LogP contribution in [-0.2, 0) is 20.2 Å². The van der Waals surface area contributed by atoms with Gasteiger partial charge >= 0.3 is 0 Å². The van der Waals surface area contributed by atoms with E-state index in [0.717, 1.165) is 47.9 Å². The summed E-state index contributed by atoms with van der Waals surface area (Å²) >= 11 is 0. The molecule has 2 aliphatic rings. The Morgan fingerprint density at radius 3 is 2.13 bits per heavy atom. The molecule has 31 heavy (non-hydrogen) atoms. The van der Waals surface area contributed by atoms with Crippen LogP contribution in [0.25, 0.3) is 0 Å². The van der Waals surface area contributed by atoms with Crippen molar-refractivity contribution in [2.75, 3.05) is 4.72 Å². The molecular formula is C25H32N2O3S. The van der Waals surface area contributed by atoms with Gasteiger partial charge in [-0.15, -0.1) is 0 Å². The number of carbonyl (C=O) groups excluding carboxylic acids is 1. The van der Waals surface area contributed by atoms with Gasteiger partial charge in [-0.3, -0.25) is 9.52 Å². The van der Waals surface area contributed by atoms with Crippen LogP contribution in [0, 0.1) is 20.8 Å². The van der Waals surface area contributed by atoms with Crippen molar-refractivity contribution in [1.29, 1.82) is 0 Å². The Morgan fingerprint density at radius 2 is 1.52 bits per heavy atom. The van der Waals surface area contributed by atoms with Crippen molar-refractivity contribution >= 4 is 21.6 Å². The van der Waals surface area contributed by atoms with E-state index in [0.29, 0.717) is 16.6 Å². The van der Waals surface area contributed by atoms with Gasteiger partial charge in [-0.1, -0.05) is 37.5 Å². The van der Waals surface area contributed by atoms with Gasteiger partial charge in [0.15, 0.2) is 0 Å². The van der Waals surface area contributed by atoms with Crippen LogP contribution in [0.2, 0.25) is 0 Å². The van der Waals surface area contributed by atoms with Crippen LogP contribution in [0.1, 0.15) is 67.2 Å². The highest BCUT2D eigenvalue weighted by Crippen LogP contribution is 2.49. The molecule has 0 spiro atoms. The number of benzene rings is 2. The predicted molar refractivity (Wildman–Crippen MR) is 124 cm³/mol. The zero-order chi connectivity index (χ0) is 22.2. The monoisotopic (exact) mass is 440 g/mol. The highest BCUT2D eigenvalue weighted by Gasteiger charge is 2.51. The van der Waals surface area contributed by atoms with Gasteiger partial charge in [0.1, 0.15) is 0 Å². The van der Waals surface area contributed by atoms with Crippen molar-refractivity contribution in [2.45, 2.75) is 82.1 Å². The molecule has 0 bridgehead atoms. The molecule has 0 radical (unpaired) electrons. The minimum atomic E-state index is -3.68.